The van der Waals surface area contributed by atoms with Crippen molar-refractivity contribution in [3.63, 3.8) is 0 Å². The molecule has 6 atom stereocenters. The highest BCUT2D eigenvalue weighted by Gasteiger charge is 2.63. The molecule has 1 aromatic carbocycles. The van der Waals surface area contributed by atoms with Gasteiger partial charge >= 0.3 is 6.09 Å². The van der Waals surface area contributed by atoms with Crippen LogP contribution >= 0.6 is 0 Å². The van der Waals surface area contributed by atoms with Gasteiger partial charge in [-0.25, -0.2) is 13.2 Å². The van der Waals surface area contributed by atoms with Crippen molar-refractivity contribution in [3.8, 4) is 0 Å². The quantitative estimate of drug-likeness (QED) is 0.342. The third kappa shape index (κ3) is 6.92. The molecule has 0 bridgehead atoms. The van der Waals surface area contributed by atoms with Crippen LogP contribution in [0.2, 0.25) is 0 Å². The Kier molecular flexibility index (Phi) is 9.12. The number of sulfonamides is 1. The fourth-order valence-corrected chi connectivity index (χ4v) is 7.74. The van der Waals surface area contributed by atoms with Gasteiger partial charge in [0.1, 0.15) is 17.4 Å². The van der Waals surface area contributed by atoms with Crippen LogP contribution in [0.15, 0.2) is 36.4 Å². The van der Waals surface area contributed by atoms with E-state index in [0.717, 1.165) is 19.3 Å². The lowest BCUT2D eigenvalue weighted by molar-refractivity contribution is -0.136. The molecule has 3 fully saturated rings. The van der Waals surface area contributed by atoms with Crippen molar-refractivity contribution < 1.29 is 37.1 Å². The highest BCUT2D eigenvalue weighted by molar-refractivity contribution is 7.91. The fraction of sp³-hybridized carbons (Fsp3) is 0.594. The van der Waals surface area contributed by atoms with Crippen LogP contribution in [-0.2, 0) is 29.1 Å². The number of Topliss-reactive ketones (excluding diaryl/α,β-unsaturated/α-hetero) is 1. The maximum absolute atomic E-state index is 13.9. The summed E-state index contributed by atoms with van der Waals surface area (Å²) in [5.41, 5.74) is -0.751. The van der Waals surface area contributed by atoms with Gasteiger partial charge in [-0.3, -0.25) is 29.2 Å². The minimum Gasteiger partial charge on any atom is -0.446 e. The van der Waals surface area contributed by atoms with Crippen molar-refractivity contribution in [2.45, 2.75) is 88.0 Å². The Morgan fingerprint density at radius 2 is 1.80 bits per heavy atom. The molecule has 4 amide bonds. The normalized spacial score (nSPS) is 30.9. The van der Waals surface area contributed by atoms with Crippen molar-refractivity contribution in [2.24, 2.45) is 23.7 Å². The number of nitrogens with one attached hydrogen (secondary N) is 4. The summed E-state index contributed by atoms with van der Waals surface area (Å²) in [7, 11) is -2.43. The molecular weight excluding hydrogens is 600 g/mol. The van der Waals surface area contributed by atoms with Crippen LogP contribution in [0, 0.1) is 23.7 Å². The molecule has 1 heterocycles. The number of ether oxygens (including phenoxy) is 1. The second kappa shape index (κ2) is 12.6. The molecule has 5 rings (SSSR count). The number of hydrogen-bond acceptors (Lipinski definition) is 8. The van der Waals surface area contributed by atoms with Gasteiger partial charge in [-0.05, 0) is 76.5 Å². The molecule has 0 aromatic heterocycles. The number of rotatable bonds is 6. The number of anilines is 1. The Bertz CT molecular complexity index is 1520. The van der Waals surface area contributed by atoms with Crippen molar-refractivity contribution in [2.75, 3.05) is 12.4 Å². The molecular formula is C32H42N4O8S. The van der Waals surface area contributed by atoms with Gasteiger partial charge in [0.2, 0.25) is 15.9 Å². The summed E-state index contributed by atoms with van der Waals surface area (Å²) in [4.78, 5) is 65.9. The monoisotopic (exact) mass is 642 g/mol. The molecule has 1 aromatic rings. The lowest BCUT2D eigenvalue weighted by atomic mass is 9.83. The van der Waals surface area contributed by atoms with E-state index in [2.05, 4.69) is 20.7 Å². The SMILES string of the molecule is CNC(=O)c1cccc(NC(=O)O[C@@H]2C[C@H]3C(=O)N[C@]4(C(=O)NS(=O)(=O)C5(C)CC5)C[C@H]4C=CCCCCC(C)C(=O)[C@@H]3C2)c1. The van der Waals surface area contributed by atoms with Gasteiger partial charge in [-0.15, -0.1) is 0 Å². The van der Waals surface area contributed by atoms with Crippen LogP contribution in [0.4, 0.5) is 10.5 Å². The fourth-order valence-electron chi connectivity index (χ4n) is 6.43. The maximum Gasteiger partial charge on any atom is 0.411 e. The first-order valence-electron chi connectivity index (χ1n) is 15.7. The van der Waals surface area contributed by atoms with E-state index in [4.69, 9.17) is 4.74 Å². The largest absolute Gasteiger partial charge is 0.446 e. The molecule has 1 aliphatic heterocycles. The highest BCUT2D eigenvalue weighted by Crippen LogP contribution is 2.48. The number of ketones is 1. The van der Waals surface area contributed by atoms with E-state index in [0.29, 0.717) is 30.5 Å². The van der Waals surface area contributed by atoms with Crippen LogP contribution in [0.3, 0.4) is 0 Å². The van der Waals surface area contributed by atoms with Crippen LogP contribution in [0.5, 0.6) is 0 Å². The van der Waals surface area contributed by atoms with Gasteiger partial charge in [0.25, 0.3) is 11.8 Å². The topological polar surface area (TPSA) is 177 Å². The lowest BCUT2D eigenvalue weighted by Gasteiger charge is -2.25. The minimum atomic E-state index is -3.93. The van der Waals surface area contributed by atoms with Gasteiger partial charge < -0.3 is 15.4 Å². The zero-order valence-electron chi connectivity index (χ0n) is 25.9. The average molecular weight is 643 g/mol. The van der Waals surface area contributed by atoms with Crippen molar-refractivity contribution in [3.05, 3.63) is 42.0 Å². The van der Waals surface area contributed by atoms with Crippen molar-refractivity contribution in [1.82, 2.24) is 15.4 Å². The molecule has 1 unspecified atom stereocenters. The highest BCUT2D eigenvalue weighted by atomic mass is 32.2. The third-order valence-corrected chi connectivity index (χ3v) is 12.0. The predicted octanol–water partition coefficient (Wildman–Crippen LogP) is 3.20. The Balaban J connectivity index is 1.33. The lowest BCUT2D eigenvalue weighted by Crippen LogP contribution is -2.55. The van der Waals surface area contributed by atoms with E-state index >= 15 is 0 Å². The number of carbonyl (C=O) groups is 5. The molecule has 4 aliphatic rings. The predicted molar refractivity (Wildman–Crippen MR) is 165 cm³/mol. The van der Waals surface area contributed by atoms with Gasteiger partial charge in [-0.1, -0.05) is 31.6 Å². The number of benzene rings is 1. The Morgan fingerprint density at radius 1 is 1.07 bits per heavy atom. The molecule has 0 spiro atoms. The first-order valence-corrected chi connectivity index (χ1v) is 17.2. The average Bonchev–Trinajstić information content (AvgIpc) is 3.88. The summed E-state index contributed by atoms with van der Waals surface area (Å²) in [5.74, 6) is -4.03. The van der Waals surface area contributed by atoms with Gasteiger partial charge in [0.05, 0.1) is 10.7 Å². The summed E-state index contributed by atoms with van der Waals surface area (Å²) < 4.78 is 32.7. The summed E-state index contributed by atoms with van der Waals surface area (Å²) in [6.45, 7) is 3.43. The molecule has 45 heavy (non-hydrogen) atoms. The molecule has 0 saturated heterocycles. The molecule has 4 N–H and O–H groups in total. The second-order valence-electron chi connectivity index (χ2n) is 13.2. The number of fused-ring (bicyclic) bond motifs is 2. The van der Waals surface area contributed by atoms with E-state index in [1.54, 1.807) is 25.1 Å². The molecule has 13 heteroatoms. The number of hydrogen-bond donors (Lipinski definition) is 4. The maximum atomic E-state index is 13.9. The van der Waals surface area contributed by atoms with Crippen LogP contribution in [0.25, 0.3) is 0 Å². The Labute approximate surface area is 263 Å². The van der Waals surface area contributed by atoms with Gasteiger partial charge in [-0.2, -0.15) is 0 Å². The minimum absolute atomic E-state index is 0.0647. The van der Waals surface area contributed by atoms with E-state index in [1.807, 2.05) is 19.1 Å². The zero-order chi connectivity index (χ0) is 32.6. The third-order valence-electron chi connectivity index (χ3n) is 9.80. The van der Waals surface area contributed by atoms with E-state index in [9.17, 15) is 32.4 Å². The van der Waals surface area contributed by atoms with E-state index < -0.39 is 56.2 Å². The standard InChI is InChI=1S/C32H42N4O8S/c1-19-9-6-4-5-7-11-21-18-32(21,29(40)36-45(42,43)31(2)13-14-31)35-28(39)25-17-23(16-24(25)26(19)37)44-30(41)34-22-12-8-10-20(15-22)27(38)33-3/h7-8,10-12,15,19,21,23-25H,4-6,9,13-14,16-18H2,1-3H3,(H,33,38)(H,34,41)(H,35,39)(H,36,40)/t19?,21-,23+,24-,25-,32-/m1/s1. The van der Waals surface area contributed by atoms with Gasteiger partial charge in [0.15, 0.2) is 0 Å². The molecule has 3 aliphatic carbocycles. The summed E-state index contributed by atoms with van der Waals surface area (Å²) in [6.07, 6.45) is 6.69. The summed E-state index contributed by atoms with van der Waals surface area (Å²) >= 11 is 0. The number of carbonyl (C=O) groups excluding carboxylic acids is 5. The number of amides is 4. The first kappa shape index (κ1) is 32.6. The molecule has 244 valence electrons. The summed E-state index contributed by atoms with van der Waals surface area (Å²) in [5, 5.41) is 7.97. The van der Waals surface area contributed by atoms with Crippen LogP contribution < -0.4 is 20.7 Å². The number of allylic oxidation sites excluding steroid dienone is 1. The van der Waals surface area contributed by atoms with Crippen LogP contribution in [0.1, 0.15) is 82.0 Å². The molecule has 0 radical (unpaired) electrons. The molecule has 3 saturated carbocycles. The Hall–Kier alpha value is -3.74. The van der Waals surface area contributed by atoms with Crippen LogP contribution in [-0.4, -0.2) is 61.5 Å². The first-order chi connectivity index (χ1) is 21.3. The smallest absolute Gasteiger partial charge is 0.411 e. The van der Waals surface area contributed by atoms with E-state index in [-0.39, 0.29) is 42.8 Å². The van der Waals surface area contributed by atoms with Gasteiger partial charge in [0, 0.05) is 36.1 Å². The molecule has 12 nitrogen and oxygen atoms in total. The van der Waals surface area contributed by atoms with Crippen molar-refractivity contribution in [1.29, 1.82) is 0 Å². The summed E-state index contributed by atoms with van der Waals surface area (Å²) in [6, 6.07) is 6.32. The van der Waals surface area contributed by atoms with E-state index in [1.165, 1.54) is 13.1 Å². The Morgan fingerprint density at radius 3 is 2.51 bits per heavy atom. The zero-order valence-corrected chi connectivity index (χ0v) is 26.7. The van der Waals surface area contributed by atoms with Crippen molar-refractivity contribution >= 4 is 45.3 Å². The second-order valence-corrected chi connectivity index (χ2v) is 15.4.